The van der Waals surface area contributed by atoms with Crippen LogP contribution >= 0.6 is 0 Å². The minimum Gasteiger partial charge on any atom is -0.461 e. The van der Waals surface area contributed by atoms with Gasteiger partial charge in [-0.05, 0) is 33.3 Å². The lowest BCUT2D eigenvalue weighted by Crippen LogP contribution is -2.36. The van der Waals surface area contributed by atoms with Gasteiger partial charge in [-0.25, -0.2) is 14.6 Å². The molecule has 2 aromatic rings. The van der Waals surface area contributed by atoms with E-state index < -0.39 is 23.7 Å². The fourth-order valence-electron chi connectivity index (χ4n) is 2.36. The summed E-state index contributed by atoms with van der Waals surface area (Å²) in [5.74, 6) is -0.363. The second-order valence-corrected chi connectivity index (χ2v) is 6.67. The number of rotatable bonds is 6. The van der Waals surface area contributed by atoms with Crippen molar-refractivity contribution < 1.29 is 23.5 Å². The van der Waals surface area contributed by atoms with Crippen LogP contribution in [-0.2, 0) is 15.9 Å². The fraction of sp³-hybridized carbons (Fsp3) is 0.421. The Hall–Kier alpha value is -2.83. The number of nitrogens with one attached hydrogen (secondary N) is 1. The van der Waals surface area contributed by atoms with E-state index in [-0.39, 0.29) is 18.1 Å². The number of alkyl carbamates (subject to hydrolysis) is 1. The van der Waals surface area contributed by atoms with E-state index in [4.69, 9.17) is 13.9 Å². The molecule has 0 bridgehead atoms. The lowest BCUT2D eigenvalue weighted by molar-refractivity contribution is 0.0476. The topological polar surface area (TPSA) is 90.7 Å². The first-order valence-electron chi connectivity index (χ1n) is 8.44. The minimum atomic E-state index is -0.646. The zero-order valence-electron chi connectivity index (χ0n) is 15.4. The minimum absolute atomic E-state index is 0.0452. The molecule has 7 nitrogen and oxygen atoms in total. The van der Waals surface area contributed by atoms with Crippen LogP contribution in [0.2, 0.25) is 0 Å². The van der Waals surface area contributed by atoms with E-state index in [0.717, 1.165) is 12.0 Å². The van der Waals surface area contributed by atoms with Crippen LogP contribution in [0.5, 0.6) is 0 Å². The SMILES string of the molecule is CCOC(=O)c1ncoc1C(Cc1ccccc1)NC(=O)OC(C)(C)C. The smallest absolute Gasteiger partial charge is 0.408 e. The number of ether oxygens (including phenoxy) is 2. The Kier molecular flexibility index (Phi) is 6.38. The number of amides is 1. The molecule has 1 aromatic heterocycles. The van der Waals surface area contributed by atoms with Crippen molar-refractivity contribution in [1.82, 2.24) is 10.3 Å². The molecule has 2 rings (SSSR count). The number of benzene rings is 1. The highest BCUT2D eigenvalue weighted by molar-refractivity contribution is 5.88. The van der Waals surface area contributed by atoms with Gasteiger partial charge in [-0.3, -0.25) is 0 Å². The Balaban J connectivity index is 2.27. The van der Waals surface area contributed by atoms with Crippen LogP contribution in [0, 0.1) is 0 Å². The van der Waals surface area contributed by atoms with E-state index in [1.165, 1.54) is 0 Å². The molecule has 1 aromatic carbocycles. The number of aromatic nitrogens is 1. The van der Waals surface area contributed by atoms with Crippen LogP contribution in [0.25, 0.3) is 0 Å². The van der Waals surface area contributed by atoms with Crippen molar-refractivity contribution in [3.8, 4) is 0 Å². The highest BCUT2D eigenvalue weighted by Gasteiger charge is 2.28. The van der Waals surface area contributed by atoms with Crippen LogP contribution in [0.3, 0.4) is 0 Å². The van der Waals surface area contributed by atoms with Gasteiger partial charge in [0.15, 0.2) is 17.8 Å². The van der Waals surface area contributed by atoms with E-state index in [2.05, 4.69) is 10.3 Å². The summed E-state index contributed by atoms with van der Waals surface area (Å²) in [6.45, 7) is 7.25. The van der Waals surface area contributed by atoms with Crippen LogP contribution in [0.15, 0.2) is 41.1 Å². The Bertz CT molecular complexity index is 734. The van der Waals surface area contributed by atoms with Gasteiger partial charge in [0.05, 0.1) is 12.6 Å². The third-order valence-electron chi connectivity index (χ3n) is 3.35. The molecule has 26 heavy (non-hydrogen) atoms. The van der Waals surface area contributed by atoms with Crippen molar-refractivity contribution in [1.29, 1.82) is 0 Å². The molecule has 0 radical (unpaired) electrons. The molecule has 1 heterocycles. The zero-order valence-corrected chi connectivity index (χ0v) is 15.4. The Morgan fingerprint density at radius 3 is 2.54 bits per heavy atom. The summed E-state index contributed by atoms with van der Waals surface area (Å²) in [7, 11) is 0. The number of carbonyl (C=O) groups excluding carboxylic acids is 2. The highest BCUT2D eigenvalue weighted by Crippen LogP contribution is 2.23. The molecule has 0 saturated heterocycles. The van der Waals surface area contributed by atoms with Crippen LogP contribution < -0.4 is 5.32 Å². The second-order valence-electron chi connectivity index (χ2n) is 6.67. The van der Waals surface area contributed by atoms with Crippen molar-refractivity contribution in [2.24, 2.45) is 0 Å². The molecule has 1 atom stereocenters. The van der Waals surface area contributed by atoms with E-state index in [9.17, 15) is 9.59 Å². The zero-order chi connectivity index (χ0) is 19.2. The van der Waals surface area contributed by atoms with E-state index in [1.807, 2.05) is 30.3 Å². The molecule has 0 aliphatic rings. The summed E-state index contributed by atoms with van der Waals surface area (Å²) in [6, 6.07) is 8.90. The van der Waals surface area contributed by atoms with Gasteiger partial charge < -0.3 is 19.2 Å². The standard InChI is InChI=1S/C19H24N2O5/c1-5-24-17(22)15-16(25-12-20-15)14(11-13-9-7-6-8-10-13)21-18(23)26-19(2,3)4/h6-10,12,14H,5,11H2,1-4H3,(H,21,23). The van der Waals surface area contributed by atoms with Crippen LogP contribution in [0.1, 0.15) is 55.5 Å². The summed E-state index contributed by atoms with van der Waals surface area (Å²) >= 11 is 0. The average Bonchev–Trinajstić information content (AvgIpc) is 3.03. The number of hydrogen-bond acceptors (Lipinski definition) is 6. The molecule has 0 saturated carbocycles. The monoisotopic (exact) mass is 360 g/mol. The Labute approximate surface area is 152 Å². The number of esters is 1. The number of oxazole rings is 1. The first kappa shape index (κ1) is 19.5. The van der Waals surface area contributed by atoms with E-state index >= 15 is 0 Å². The highest BCUT2D eigenvalue weighted by atomic mass is 16.6. The average molecular weight is 360 g/mol. The van der Waals surface area contributed by atoms with Gasteiger partial charge in [-0.15, -0.1) is 0 Å². The quantitative estimate of drug-likeness (QED) is 0.791. The van der Waals surface area contributed by atoms with Crippen molar-refractivity contribution in [3.05, 3.63) is 53.7 Å². The van der Waals surface area contributed by atoms with Crippen molar-refractivity contribution in [2.75, 3.05) is 6.61 Å². The van der Waals surface area contributed by atoms with Crippen molar-refractivity contribution in [3.63, 3.8) is 0 Å². The predicted octanol–water partition coefficient (Wildman–Crippen LogP) is 3.66. The normalized spacial score (nSPS) is 12.3. The summed E-state index contributed by atoms with van der Waals surface area (Å²) in [5.41, 5.74) is 0.357. The van der Waals surface area contributed by atoms with Gasteiger partial charge in [0.25, 0.3) is 0 Å². The molecule has 0 aliphatic carbocycles. The maximum absolute atomic E-state index is 12.2. The second kappa shape index (κ2) is 8.51. The van der Waals surface area contributed by atoms with E-state index in [1.54, 1.807) is 27.7 Å². The first-order chi connectivity index (χ1) is 12.3. The summed E-state index contributed by atoms with van der Waals surface area (Å²) in [5, 5.41) is 2.76. The predicted molar refractivity (Wildman–Crippen MR) is 94.7 cm³/mol. The lowest BCUT2D eigenvalue weighted by atomic mass is 10.0. The maximum atomic E-state index is 12.2. The Morgan fingerprint density at radius 1 is 1.23 bits per heavy atom. The Morgan fingerprint density at radius 2 is 1.92 bits per heavy atom. The van der Waals surface area contributed by atoms with Gasteiger partial charge in [0.2, 0.25) is 0 Å². The molecule has 1 amide bonds. The van der Waals surface area contributed by atoms with Crippen LogP contribution in [-0.4, -0.2) is 29.3 Å². The van der Waals surface area contributed by atoms with Crippen LogP contribution in [0.4, 0.5) is 4.79 Å². The number of carbonyl (C=O) groups is 2. The van der Waals surface area contributed by atoms with Gasteiger partial charge in [0, 0.05) is 6.42 Å². The summed E-state index contributed by atoms with van der Waals surface area (Å²) in [6.07, 6.45) is 0.961. The maximum Gasteiger partial charge on any atom is 0.408 e. The van der Waals surface area contributed by atoms with Gasteiger partial charge in [-0.1, -0.05) is 30.3 Å². The van der Waals surface area contributed by atoms with Crippen molar-refractivity contribution in [2.45, 2.75) is 45.8 Å². The van der Waals surface area contributed by atoms with Gasteiger partial charge in [0.1, 0.15) is 5.60 Å². The summed E-state index contributed by atoms with van der Waals surface area (Å²) < 4.78 is 15.7. The molecule has 0 aliphatic heterocycles. The molecular formula is C19H24N2O5. The van der Waals surface area contributed by atoms with Gasteiger partial charge in [-0.2, -0.15) is 0 Å². The molecule has 0 fully saturated rings. The molecule has 1 unspecified atom stereocenters. The first-order valence-corrected chi connectivity index (χ1v) is 8.44. The molecular weight excluding hydrogens is 336 g/mol. The van der Waals surface area contributed by atoms with Crippen molar-refractivity contribution >= 4 is 12.1 Å². The van der Waals surface area contributed by atoms with Gasteiger partial charge >= 0.3 is 12.1 Å². The number of nitrogens with zero attached hydrogens (tertiary/aromatic N) is 1. The molecule has 7 heteroatoms. The lowest BCUT2D eigenvalue weighted by Gasteiger charge is -2.23. The number of hydrogen-bond donors (Lipinski definition) is 1. The fourth-order valence-corrected chi connectivity index (χ4v) is 2.36. The third-order valence-corrected chi connectivity index (χ3v) is 3.35. The summed E-state index contributed by atoms with van der Waals surface area (Å²) in [4.78, 5) is 28.3. The molecule has 1 N–H and O–H groups in total. The largest absolute Gasteiger partial charge is 0.461 e. The van der Waals surface area contributed by atoms with E-state index in [0.29, 0.717) is 6.42 Å². The third kappa shape index (κ3) is 5.61. The molecule has 0 spiro atoms. The molecule has 140 valence electrons.